The summed E-state index contributed by atoms with van der Waals surface area (Å²) >= 11 is 12.0. The Kier molecular flexibility index (Phi) is 4.60. The molecule has 0 bridgehead atoms. The van der Waals surface area contributed by atoms with Gasteiger partial charge in [0.25, 0.3) is 11.6 Å². The van der Waals surface area contributed by atoms with Crippen molar-refractivity contribution >= 4 is 40.8 Å². The van der Waals surface area contributed by atoms with Crippen LogP contribution in [0.1, 0.15) is 18.1 Å². The molecule has 1 N–H and O–H groups in total. The molecule has 26 heavy (non-hydrogen) atoms. The van der Waals surface area contributed by atoms with Gasteiger partial charge in [-0.2, -0.15) is 0 Å². The Balaban J connectivity index is 1.88. The van der Waals surface area contributed by atoms with Crippen molar-refractivity contribution in [2.24, 2.45) is 0 Å². The van der Waals surface area contributed by atoms with Gasteiger partial charge in [-0.05, 0) is 42.3 Å². The lowest BCUT2D eigenvalue weighted by Gasteiger charge is -2.22. The van der Waals surface area contributed by atoms with Crippen molar-refractivity contribution in [3.8, 4) is 0 Å². The van der Waals surface area contributed by atoms with Gasteiger partial charge in [0.15, 0.2) is 0 Å². The molecular weight excluding hydrogens is 381 g/mol. The fraction of sp³-hybridized carbons (Fsp3) is 0.176. The number of carbonyl (C=O) groups excluding carboxylic acids is 2. The molecule has 0 radical (unpaired) electrons. The van der Waals surface area contributed by atoms with E-state index in [9.17, 15) is 19.7 Å². The highest BCUT2D eigenvalue weighted by atomic mass is 35.5. The smallest absolute Gasteiger partial charge is 0.319 e. The second-order valence-corrected chi connectivity index (χ2v) is 6.83. The maximum Gasteiger partial charge on any atom is 0.325 e. The zero-order valence-electron chi connectivity index (χ0n) is 13.5. The number of non-ortho nitro benzene ring substituents is 1. The SMILES string of the molecule is C[C@@]1(c2ccc([N+](=O)[O-])cc2)NC(=O)N(Cc2ccc(Cl)cc2Cl)C1=O. The van der Waals surface area contributed by atoms with Crippen LogP contribution in [-0.4, -0.2) is 21.8 Å². The zero-order chi connectivity index (χ0) is 19.1. The highest BCUT2D eigenvalue weighted by molar-refractivity contribution is 6.35. The van der Waals surface area contributed by atoms with Crippen LogP contribution in [0.2, 0.25) is 10.0 Å². The predicted octanol–water partition coefficient (Wildman–Crippen LogP) is 3.87. The van der Waals surface area contributed by atoms with E-state index in [-0.39, 0.29) is 12.2 Å². The summed E-state index contributed by atoms with van der Waals surface area (Å²) in [6.07, 6.45) is 0. The maximum absolute atomic E-state index is 12.9. The third-order valence-corrected chi connectivity index (χ3v) is 4.86. The molecule has 0 spiro atoms. The Morgan fingerprint density at radius 1 is 1.15 bits per heavy atom. The number of imide groups is 1. The Morgan fingerprint density at radius 2 is 1.81 bits per heavy atom. The minimum Gasteiger partial charge on any atom is -0.319 e. The fourth-order valence-electron chi connectivity index (χ4n) is 2.77. The summed E-state index contributed by atoms with van der Waals surface area (Å²) in [5.41, 5.74) is -0.386. The summed E-state index contributed by atoms with van der Waals surface area (Å²) in [6.45, 7) is 1.54. The van der Waals surface area contributed by atoms with Gasteiger partial charge in [-0.3, -0.25) is 19.8 Å². The summed E-state index contributed by atoms with van der Waals surface area (Å²) in [5, 5.41) is 14.2. The number of benzene rings is 2. The van der Waals surface area contributed by atoms with Gasteiger partial charge in [0.1, 0.15) is 5.54 Å². The number of carbonyl (C=O) groups is 2. The molecule has 3 rings (SSSR count). The molecule has 0 aromatic heterocycles. The molecule has 1 heterocycles. The number of rotatable bonds is 4. The third kappa shape index (κ3) is 3.11. The van der Waals surface area contributed by atoms with E-state index in [1.54, 1.807) is 19.1 Å². The number of urea groups is 1. The number of nitrogens with zero attached hydrogens (tertiary/aromatic N) is 2. The monoisotopic (exact) mass is 393 g/mol. The molecule has 1 aliphatic heterocycles. The van der Waals surface area contributed by atoms with E-state index in [0.29, 0.717) is 21.2 Å². The number of halogens is 2. The fourth-order valence-corrected chi connectivity index (χ4v) is 3.24. The lowest BCUT2D eigenvalue weighted by atomic mass is 9.92. The first-order valence-electron chi connectivity index (χ1n) is 7.55. The topological polar surface area (TPSA) is 92.6 Å². The number of hydrogen-bond acceptors (Lipinski definition) is 4. The van der Waals surface area contributed by atoms with E-state index in [4.69, 9.17) is 23.2 Å². The van der Waals surface area contributed by atoms with Gasteiger partial charge in [0, 0.05) is 22.2 Å². The van der Waals surface area contributed by atoms with Gasteiger partial charge in [-0.15, -0.1) is 0 Å². The van der Waals surface area contributed by atoms with Gasteiger partial charge in [-0.25, -0.2) is 4.79 Å². The van der Waals surface area contributed by atoms with Crippen molar-refractivity contribution in [2.45, 2.75) is 19.0 Å². The maximum atomic E-state index is 12.9. The minimum absolute atomic E-state index is 0.0107. The molecule has 2 aromatic carbocycles. The van der Waals surface area contributed by atoms with Gasteiger partial charge in [0.05, 0.1) is 11.5 Å². The first-order valence-corrected chi connectivity index (χ1v) is 8.31. The molecule has 2 aromatic rings. The Morgan fingerprint density at radius 3 is 2.38 bits per heavy atom. The normalized spacial score (nSPS) is 19.6. The first-order chi connectivity index (χ1) is 12.2. The first kappa shape index (κ1) is 18.2. The highest BCUT2D eigenvalue weighted by Gasteiger charge is 2.49. The molecule has 1 aliphatic rings. The van der Waals surface area contributed by atoms with Crippen LogP contribution in [0.4, 0.5) is 10.5 Å². The van der Waals surface area contributed by atoms with E-state index in [0.717, 1.165) is 4.90 Å². The number of amides is 3. The minimum atomic E-state index is -1.31. The Hall–Kier alpha value is -2.64. The molecule has 1 saturated heterocycles. The number of nitro groups is 1. The summed E-state index contributed by atoms with van der Waals surface area (Å²) in [7, 11) is 0. The van der Waals surface area contributed by atoms with Crippen molar-refractivity contribution in [3.05, 3.63) is 73.8 Å². The van der Waals surface area contributed by atoms with Crippen LogP contribution >= 0.6 is 23.2 Å². The predicted molar refractivity (Wildman–Crippen MR) is 96.0 cm³/mol. The van der Waals surface area contributed by atoms with E-state index >= 15 is 0 Å². The molecule has 134 valence electrons. The molecule has 0 aliphatic carbocycles. The molecule has 0 unspecified atom stereocenters. The molecular formula is C17H13Cl2N3O4. The Labute approximate surface area is 158 Å². The van der Waals surface area contributed by atoms with Crippen LogP contribution in [0.5, 0.6) is 0 Å². The summed E-state index contributed by atoms with van der Waals surface area (Å²) in [4.78, 5) is 36.5. The summed E-state index contributed by atoms with van der Waals surface area (Å²) < 4.78 is 0. The van der Waals surface area contributed by atoms with Crippen molar-refractivity contribution in [1.29, 1.82) is 0 Å². The second-order valence-electron chi connectivity index (χ2n) is 5.99. The molecule has 7 nitrogen and oxygen atoms in total. The van der Waals surface area contributed by atoms with E-state index in [1.807, 2.05) is 0 Å². The summed E-state index contributed by atoms with van der Waals surface area (Å²) in [6, 6.07) is 9.72. The average molecular weight is 394 g/mol. The van der Waals surface area contributed by atoms with Crippen LogP contribution in [0.15, 0.2) is 42.5 Å². The quantitative estimate of drug-likeness (QED) is 0.484. The van der Waals surface area contributed by atoms with E-state index in [1.165, 1.54) is 30.3 Å². The molecule has 1 fully saturated rings. The number of nitrogens with one attached hydrogen (secondary N) is 1. The number of nitro benzene ring substituents is 1. The molecule has 0 saturated carbocycles. The van der Waals surface area contributed by atoms with Crippen molar-refractivity contribution in [2.75, 3.05) is 0 Å². The second kappa shape index (κ2) is 6.59. The lowest BCUT2D eigenvalue weighted by molar-refractivity contribution is -0.384. The van der Waals surface area contributed by atoms with Crippen molar-refractivity contribution in [3.63, 3.8) is 0 Å². The average Bonchev–Trinajstić information content (AvgIpc) is 2.81. The summed E-state index contributed by atoms with van der Waals surface area (Å²) in [5.74, 6) is -0.470. The van der Waals surface area contributed by atoms with E-state index in [2.05, 4.69) is 5.32 Å². The standard InChI is InChI=1S/C17H13Cl2N3O4/c1-17(11-3-6-13(7-4-11)22(25)26)15(23)21(16(24)20-17)9-10-2-5-12(18)8-14(10)19/h2-8H,9H2,1H3,(H,20,24)/t17-/m0/s1. The van der Waals surface area contributed by atoms with Crippen LogP contribution in [0, 0.1) is 10.1 Å². The van der Waals surface area contributed by atoms with Gasteiger partial charge >= 0.3 is 6.03 Å². The van der Waals surface area contributed by atoms with Crippen LogP contribution < -0.4 is 5.32 Å². The lowest BCUT2D eigenvalue weighted by Crippen LogP contribution is -2.40. The van der Waals surface area contributed by atoms with Crippen LogP contribution in [0.25, 0.3) is 0 Å². The van der Waals surface area contributed by atoms with Gasteiger partial charge in [-0.1, -0.05) is 29.3 Å². The molecule has 9 heteroatoms. The molecule has 1 atom stereocenters. The number of hydrogen-bond donors (Lipinski definition) is 1. The van der Waals surface area contributed by atoms with E-state index < -0.39 is 22.4 Å². The van der Waals surface area contributed by atoms with Crippen LogP contribution in [-0.2, 0) is 16.9 Å². The molecule has 3 amide bonds. The van der Waals surface area contributed by atoms with Crippen molar-refractivity contribution < 1.29 is 14.5 Å². The highest BCUT2D eigenvalue weighted by Crippen LogP contribution is 2.32. The van der Waals surface area contributed by atoms with Gasteiger partial charge < -0.3 is 5.32 Å². The van der Waals surface area contributed by atoms with Crippen LogP contribution in [0.3, 0.4) is 0 Å². The zero-order valence-corrected chi connectivity index (χ0v) is 15.0. The Bertz CT molecular complexity index is 917. The largest absolute Gasteiger partial charge is 0.325 e. The van der Waals surface area contributed by atoms with Gasteiger partial charge in [0.2, 0.25) is 0 Å². The van der Waals surface area contributed by atoms with Crippen molar-refractivity contribution in [1.82, 2.24) is 10.2 Å². The third-order valence-electron chi connectivity index (χ3n) is 4.27.